The monoisotopic (exact) mass is 441 g/mol. The molecule has 4 aromatic heterocycles. The number of anilines is 2. The van der Waals surface area contributed by atoms with Crippen LogP contribution in [0.3, 0.4) is 0 Å². The molecule has 1 aliphatic rings. The van der Waals surface area contributed by atoms with E-state index < -0.39 is 18.3 Å². The molecule has 5 rings (SSSR count). The molecular formula is C21H21F2N7O2. The SMILES string of the molecule is Cc1cc2ncnn2cc1Nc1ncc2c(n1)c(C1CCOCC1C(F)F)cc(=O)n2C. The maximum atomic E-state index is 13.7. The standard InChI is InChI=1S/C21H21F2N7O2/c1-11-5-17-25-10-26-30(17)8-15(11)27-21-24-7-16-19(28-21)13(6-18(31)29(16)2)12-3-4-32-9-14(12)20(22)23/h5-8,10,12,14,20H,3-4,9H2,1-2H3,(H,24,27,28). The number of hydrogen-bond donors (Lipinski definition) is 1. The lowest BCUT2D eigenvalue weighted by molar-refractivity contribution is -0.0376. The third kappa shape index (κ3) is 3.48. The summed E-state index contributed by atoms with van der Waals surface area (Å²) in [5.41, 5.74) is 3.53. The van der Waals surface area contributed by atoms with E-state index in [9.17, 15) is 13.6 Å². The quantitative estimate of drug-likeness (QED) is 0.520. The molecule has 9 nitrogen and oxygen atoms in total. The highest BCUT2D eigenvalue weighted by Gasteiger charge is 2.35. The van der Waals surface area contributed by atoms with Gasteiger partial charge in [0.25, 0.3) is 5.56 Å². The van der Waals surface area contributed by atoms with Crippen molar-refractivity contribution >= 4 is 28.3 Å². The molecular weight excluding hydrogens is 420 g/mol. The smallest absolute Gasteiger partial charge is 0.251 e. The van der Waals surface area contributed by atoms with E-state index in [1.807, 2.05) is 13.0 Å². The Morgan fingerprint density at radius 1 is 1.28 bits per heavy atom. The number of pyridine rings is 2. The Hall–Kier alpha value is -3.47. The minimum atomic E-state index is -2.56. The molecule has 4 aromatic rings. The van der Waals surface area contributed by atoms with Crippen LogP contribution in [0.4, 0.5) is 20.4 Å². The second-order valence-electron chi connectivity index (χ2n) is 7.95. The first-order valence-corrected chi connectivity index (χ1v) is 10.2. The summed E-state index contributed by atoms with van der Waals surface area (Å²) in [6.45, 7) is 2.23. The Bertz CT molecular complexity index is 1370. The van der Waals surface area contributed by atoms with Crippen molar-refractivity contribution in [3.63, 3.8) is 0 Å². The first kappa shape index (κ1) is 20.4. The van der Waals surface area contributed by atoms with Crippen LogP contribution in [0.25, 0.3) is 16.7 Å². The molecule has 2 atom stereocenters. The maximum absolute atomic E-state index is 13.7. The fraction of sp³-hybridized carbons (Fsp3) is 0.381. The molecule has 0 aliphatic carbocycles. The number of halogens is 2. The number of hydrogen-bond acceptors (Lipinski definition) is 7. The molecule has 0 amide bonds. The summed E-state index contributed by atoms with van der Waals surface area (Å²) in [7, 11) is 1.61. The molecule has 0 radical (unpaired) electrons. The molecule has 0 saturated carbocycles. The molecule has 1 saturated heterocycles. The molecule has 0 aromatic carbocycles. The van der Waals surface area contributed by atoms with E-state index in [0.29, 0.717) is 41.2 Å². The van der Waals surface area contributed by atoms with E-state index in [1.54, 1.807) is 17.8 Å². The Kier molecular flexibility index (Phi) is 5.04. The molecule has 1 aliphatic heterocycles. The Labute approximate surface area is 181 Å². The number of fused-ring (bicyclic) bond motifs is 2. The summed E-state index contributed by atoms with van der Waals surface area (Å²) in [5, 5.41) is 7.31. The lowest BCUT2D eigenvalue weighted by Gasteiger charge is -2.31. The normalized spacial score (nSPS) is 19.2. The number of rotatable bonds is 4. The molecule has 11 heteroatoms. The van der Waals surface area contributed by atoms with Crippen molar-refractivity contribution in [3.8, 4) is 0 Å². The lowest BCUT2D eigenvalue weighted by Crippen LogP contribution is -2.32. The molecule has 2 unspecified atom stereocenters. The van der Waals surface area contributed by atoms with Gasteiger partial charge in [0.05, 0.1) is 41.6 Å². The molecule has 1 fully saturated rings. The van der Waals surface area contributed by atoms with Crippen LogP contribution >= 0.6 is 0 Å². The van der Waals surface area contributed by atoms with Crippen LogP contribution in [0, 0.1) is 12.8 Å². The van der Waals surface area contributed by atoms with Gasteiger partial charge in [-0.15, -0.1) is 0 Å². The third-order valence-electron chi connectivity index (χ3n) is 6.01. The van der Waals surface area contributed by atoms with E-state index in [2.05, 4.69) is 25.4 Å². The van der Waals surface area contributed by atoms with Crippen molar-refractivity contribution in [2.24, 2.45) is 13.0 Å². The maximum Gasteiger partial charge on any atom is 0.251 e. The highest BCUT2D eigenvalue weighted by Crippen LogP contribution is 2.38. The van der Waals surface area contributed by atoms with Gasteiger partial charge >= 0.3 is 0 Å². The minimum Gasteiger partial charge on any atom is -0.381 e. The Balaban J connectivity index is 1.62. The van der Waals surface area contributed by atoms with Crippen LogP contribution in [0.15, 0.2) is 35.6 Å². The van der Waals surface area contributed by atoms with Gasteiger partial charge in [0.1, 0.15) is 6.33 Å². The van der Waals surface area contributed by atoms with Gasteiger partial charge < -0.3 is 14.6 Å². The van der Waals surface area contributed by atoms with E-state index in [0.717, 1.165) is 11.3 Å². The van der Waals surface area contributed by atoms with Crippen LogP contribution in [-0.4, -0.2) is 48.8 Å². The van der Waals surface area contributed by atoms with Gasteiger partial charge in [-0.2, -0.15) is 5.10 Å². The predicted molar refractivity (Wildman–Crippen MR) is 113 cm³/mol. The van der Waals surface area contributed by atoms with Crippen molar-refractivity contribution in [1.29, 1.82) is 0 Å². The molecule has 5 heterocycles. The number of nitrogens with one attached hydrogen (secondary N) is 1. The highest BCUT2D eigenvalue weighted by atomic mass is 19.3. The predicted octanol–water partition coefficient (Wildman–Crippen LogP) is 2.81. The average molecular weight is 441 g/mol. The van der Waals surface area contributed by atoms with Crippen molar-refractivity contribution in [2.45, 2.75) is 25.7 Å². The largest absolute Gasteiger partial charge is 0.381 e. The molecule has 1 N–H and O–H groups in total. The Morgan fingerprint density at radius 3 is 2.94 bits per heavy atom. The van der Waals surface area contributed by atoms with E-state index >= 15 is 0 Å². The average Bonchev–Trinajstić information content (AvgIpc) is 3.23. The van der Waals surface area contributed by atoms with E-state index in [-0.39, 0.29) is 12.2 Å². The van der Waals surface area contributed by atoms with Crippen LogP contribution < -0.4 is 10.9 Å². The highest BCUT2D eigenvalue weighted by molar-refractivity contribution is 5.80. The van der Waals surface area contributed by atoms with Gasteiger partial charge in [-0.25, -0.2) is 28.2 Å². The number of alkyl halides is 2. The second kappa shape index (κ2) is 7.90. The van der Waals surface area contributed by atoms with Gasteiger partial charge in [0.15, 0.2) is 5.65 Å². The van der Waals surface area contributed by atoms with Gasteiger partial charge in [-0.1, -0.05) is 0 Å². The summed E-state index contributed by atoms with van der Waals surface area (Å²) in [4.78, 5) is 25.7. The fourth-order valence-electron chi connectivity index (χ4n) is 4.20. The summed E-state index contributed by atoms with van der Waals surface area (Å²) in [5.74, 6) is -1.24. The van der Waals surface area contributed by atoms with Gasteiger partial charge in [-0.3, -0.25) is 4.79 Å². The molecule has 0 spiro atoms. The van der Waals surface area contributed by atoms with Crippen molar-refractivity contribution in [1.82, 2.24) is 29.1 Å². The van der Waals surface area contributed by atoms with E-state index in [1.165, 1.54) is 23.2 Å². The first-order valence-electron chi connectivity index (χ1n) is 10.2. The topological polar surface area (TPSA) is 99.2 Å². The van der Waals surface area contributed by atoms with Crippen LogP contribution in [0.2, 0.25) is 0 Å². The fourth-order valence-corrected chi connectivity index (χ4v) is 4.20. The zero-order valence-electron chi connectivity index (χ0n) is 17.5. The zero-order chi connectivity index (χ0) is 22.4. The summed E-state index contributed by atoms with van der Waals surface area (Å²) in [6, 6.07) is 3.29. The van der Waals surface area contributed by atoms with Crippen molar-refractivity contribution in [2.75, 3.05) is 18.5 Å². The van der Waals surface area contributed by atoms with Crippen molar-refractivity contribution < 1.29 is 13.5 Å². The number of ether oxygens (including phenoxy) is 1. The van der Waals surface area contributed by atoms with Crippen molar-refractivity contribution in [3.05, 3.63) is 52.3 Å². The molecule has 0 bridgehead atoms. The summed E-state index contributed by atoms with van der Waals surface area (Å²) in [6.07, 6.45) is 2.61. The zero-order valence-corrected chi connectivity index (χ0v) is 17.5. The van der Waals surface area contributed by atoms with Gasteiger partial charge in [-0.05, 0) is 36.5 Å². The van der Waals surface area contributed by atoms with Gasteiger partial charge in [0, 0.05) is 19.7 Å². The summed E-state index contributed by atoms with van der Waals surface area (Å²) >= 11 is 0. The number of aromatic nitrogens is 6. The molecule has 166 valence electrons. The van der Waals surface area contributed by atoms with E-state index in [4.69, 9.17) is 4.74 Å². The minimum absolute atomic E-state index is 0.0493. The van der Waals surface area contributed by atoms with Crippen LogP contribution in [0.5, 0.6) is 0 Å². The van der Waals surface area contributed by atoms with Crippen LogP contribution in [0.1, 0.15) is 23.5 Å². The lowest BCUT2D eigenvalue weighted by atomic mass is 9.82. The second-order valence-corrected chi connectivity index (χ2v) is 7.95. The number of nitrogens with zero attached hydrogens (tertiary/aromatic N) is 6. The number of aryl methyl sites for hydroxylation is 2. The van der Waals surface area contributed by atoms with Crippen LogP contribution in [-0.2, 0) is 11.8 Å². The van der Waals surface area contributed by atoms with Gasteiger partial charge in [0.2, 0.25) is 12.4 Å². The Morgan fingerprint density at radius 2 is 2.12 bits per heavy atom. The summed E-state index contributed by atoms with van der Waals surface area (Å²) < 4.78 is 35.8. The first-order chi connectivity index (χ1) is 15.4. The molecule has 32 heavy (non-hydrogen) atoms. The third-order valence-corrected chi connectivity index (χ3v) is 6.01.